The first-order valence-electron chi connectivity index (χ1n) is 4.48. The molecule has 0 aliphatic rings. The van der Waals surface area contributed by atoms with Crippen LogP contribution >= 0.6 is 0 Å². The van der Waals surface area contributed by atoms with Gasteiger partial charge >= 0.3 is 0 Å². The monoisotopic (exact) mass is 176 g/mol. The molecular weight excluding hydrogens is 160 g/mol. The van der Waals surface area contributed by atoms with Crippen molar-refractivity contribution in [2.24, 2.45) is 0 Å². The number of aromatic nitrogens is 1. The van der Waals surface area contributed by atoms with E-state index in [2.05, 4.69) is 29.9 Å². The minimum atomic E-state index is 0.338. The van der Waals surface area contributed by atoms with Gasteiger partial charge in [-0.3, -0.25) is 4.98 Å². The number of nitrogens with one attached hydrogen (secondary N) is 1. The van der Waals surface area contributed by atoms with Gasteiger partial charge in [0, 0.05) is 25.0 Å². The molecule has 1 N–H and O–H groups in total. The van der Waals surface area contributed by atoms with Crippen LogP contribution in [0.5, 0.6) is 0 Å². The molecule has 0 spiro atoms. The molecule has 1 rings (SSSR count). The van der Waals surface area contributed by atoms with E-state index in [1.165, 1.54) is 5.56 Å². The number of pyridine rings is 1. The van der Waals surface area contributed by atoms with E-state index in [1.807, 2.05) is 19.2 Å². The highest BCUT2D eigenvalue weighted by Gasteiger charge is 2.02. The van der Waals surface area contributed by atoms with Crippen molar-refractivity contribution >= 4 is 0 Å². The molecule has 0 amide bonds. The predicted octanol–water partition coefficient (Wildman–Crippen LogP) is 2.31. The van der Waals surface area contributed by atoms with Gasteiger partial charge in [0.05, 0.1) is 0 Å². The molecule has 0 radical (unpaired) electrons. The van der Waals surface area contributed by atoms with Crippen LogP contribution in [-0.4, -0.2) is 11.5 Å². The second kappa shape index (κ2) is 4.77. The molecular formula is C11H16N2. The van der Waals surface area contributed by atoms with Crippen LogP contribution in [0.3, 0.4) is 0 Å². The van der Waals surface area contributed by atoms with Gasteiger partial charge in [-0.2, -0.15) is 0 Å². The van der Waals surface area contributed by atoms with Gasteiger partial charge in [-0.05, 0) is 25.5 Å². The standard InChI is InChI=1S/C11H16N2/c1-9(2)7-13-10(3)11-5-4-6-12-8-11/h4-6,8,10,13H,1,7H2,2-3H3. The fourth-order valence-electron chi connectivity index (χ4n) is 1.08. The molecule has 1 aromatic heterocycles. The summed E-state index contributed by atoms with van der Waals surface area (Å²) in [6.45, 7) is 8.84. The molecule has 1 aromatic rings. The zero-order valence-electron chi connectivity index (χ0n) is 8.25. The topological polar surface area (TPSA) is 24.9 Å². The Labute approximate surface area is 79.7 Å². The fourth-order valence-corrected chi connectivity index (χ4v) is 1.08. The first-order valence-corrected chi connectivity index (χ1v) is 4.48. The van der Waals surface area contributed by atoms with Crippen LogP contribution in [-0.2, 0) is 0 Å². The summed E-state index contributed by atoms with van der Waals surface area (Å²) in [5.74, 6) is 0. The highest BCUT2D eigenvalue weighted by atomic mass is 14.9. The molecule has 0 aliphatic heterocycles. The third kappa shape index (κ3) is 3.38. The Balaban J connectivity index is 2.49. The van der Waals surface area contributed by atoms with Crippen LogP contribution in [0.1, 0.15) is 25.5 Å². The number of hydrogen-bond acceptors (Lipinski definition) is 2. The first-order chi connectivity index (χ1) is 6.20. The van der Waals surface area contributed by atoms with Gasteiger partial charge < -0.3 is 5.32 Å². The smallest absolute Gasteiger partial charge is 0.0315 e. The number of nitrogens with zero attached hydrogens (tertiary/aromatic N) is 1. The lowest BCUT2D eigenvalue weighted by Gasteiger charge is -2.13. The molecule has 1 atom stereocenters. The van der Waals surface area contributed by atoms with Gasteiger partial charge in [-0.15, -0.1) is 0 Å². The summed E-state index contributed by atoms with van der Waals surface area (Å²) in [5, 5.41) is 3.36. The quantitative estimate of drug-likeness (QED) is 0.712. The van der Waals surface area contributed by atoms with Crippen molar-refractivity contribution in [3.05, 3.63) is 42.2 Å². The minimum absolute atomic E-state index is 0.338. The van der Waals surface area contributed by atoms with Gasteiger partial charge in [-0.1, -0.05) is 18.2 Å². The highest BCUT2D eigenvalue weighted by molar-refractivity contribution is 5.13. The van der Waals surface area contributed by atoms with Crippen molar-refractivity contribution < 1.29 is 0 Å². The second-order valence-corrected chi connectivity index (χ2v) is 3.35. The summed E-state index contributed by atoms with van der Waals surface area (Å²) >= 11 is 0. The maximum Gasteiger partial charge on any atom is 0.0315 e. The molecule has 1 heterocycles. The van der Waals surface area contributed by atoms with Crippen molar-refractivity contribution in [2.75, 3.05) is 6.54 Å². The van der Waals surface area contributed by atoms with E-state index in [9.17, 15) is 0 Å². The van der Waals surface area contributed by atoms with Gasteiger partial charge in [0.15, 0.2) is 0 Å². The number of hydrogen-bond donors (Lipinski definition) is 1. The Morgan fingerprint density at radius 2 is 2.46 bits per heavy atom. The van der Waals surface area contributed by atoms with Crippen LogP contribution in [0.4, 0.5) is 0 Å². The number of rotatable bonds is 4. The fraction of sp³-hybridized carbons (Fsp3) is 0.364. The maximum atomic E-state index is 4.07. The van der Waals surface area contributed by atoms with Crippen molar-refractivity contribution in [3.63, 3.8) is 0 Å². The van der Waals surface area contributed by atoms with E-state index in [0.717, 1.165) is 12.1 Å². The van der Waals surface area contributed by atoms with Gasteiger partial charge in [0.1, 0.15) is 0 Å². The van der Waals surface area contributed by atoms with Crippen LogP contribution in [0.15, 0.2) is 36.7 Å². The Hall–Kier alpha value is -1.15. The van der Waals surface area contributed by atoms with Crippen LogP contribution in [0.25, 0.3) is 0 Å². The van der Waals surface area contributed by atoms with E-state index in [1.54, 1.807) is 6.20 Å². The Morgan fingerprint density at radius 3 is 3.00 bits per heavy atom. The van der Waals surface area contributed by atoms with Gasteiger partial charge in [0.2, 0.25) is 0 Å². The predicted molar refractivity (Wildman–Crippen MR) is 55.5 cm³/mol. The summed E-state index contributed by atoms with van der Waals surface area (Å²) in [5.41, 5.74) is 2.36. The van der Waals surface area contributed by atoms with Crippen LogP contribution < -0.4 is 5.32 Å². The van der Waals surface area contributed by atoms with E-state index < -0.39 is 0 Å². The van der Waals surface area contributed by atoms with Crippen LogP contribution in [0, 0.1) is 0 Å². The molecule has 70 valence electrons. The van der Waals surface area contributed by atoms with Gasteiger partial charge in [-0.25, -0.2) is 0 Å². The Kier molecular flexibility index (Phi) is 3.65. The molecule has 0 fully saturated rings. The second-order valence-electron chi connectivity index (χ2n) is 3.35. The third-order valence-corrected chi connectivity index (χ3v) is 1.89. The summed E-state index contributed by atoms with van der Waals surface area (Å²) < 4.78 is 0. The summed E-state index contributed by atoms with van der Waals surface area (Å²) in [7, 11) is 0. The summed E-state index contributed by atoms with van der Waals surface area (Å²) in [6, 6.07) is 4.36. The molecule has 0 saturated heterocycles. The average Bonchev–Trinajstić information content (AvgIpc) is 2.15. The first kappa shape index (κ1) is 9.93. The average molecular weight is 176 g/mol. The lowest BCUT2D eigenvalue weighted by atomic mass is 10.1. The van der Waals surface area contributed by atoms with E-state index in [4.69, 9.17) is 0 Å². The van der Waals surface area contributed by atoms with Crippen molar-refractivity contribution in [3.8, 4) is 0 Å². The zero-order chi connectivity index (χ0) is 9.68. The molecule has 0 aliphatic carbocycles. The molecule has 2 heteroatoms. The Bertz CT molecular complexity index is 267. The summed E-state index contributed by atoms with van der Waals surface area (Å²) in [6.07, 6.45) is 3.67. The molecule has 13 heavy (non-hydrogen) atoms. The molecule has 0 aromatic carbocycles. The minimum Gasteiger partial charge on any atom is -0.306 e. The SMILES string of the molecule is C=C(C)CNC(C)c1cccnc1. The Morgan fingerprint density at radius 1 is 1.69 bits per heavy atom. The van der Waals surface area contributed by atoms with Crippen LogP contribution in [0.2, 0.25) is 0 Å². The zero-order valence-corrected chi connectivity index (χ0v) is 8.25. The molecule has 2 nitrogen and oxygen atoms in total. The van der Waals surface area contributed by atoms with E-state index in [-0.39, 0.29) is 0 Å². The molecule has 0 saturated carbocycles. The highest BCUT2D eigenvalue weighted by Crippen LogP contribution is 2.09. The van der Waals surface area contributed by atoms with Crippen molar-refractivity contribution in [1.82, 2.24) is 10.3 Å². The van der Waals surface area contributed by atoms with Gasteiger partial charge in [0.25, 0.3) is 0 Å². The largest absolute Gasteiger partial charge is 0.306 e. The van der Waals surface area contributed by atoms with Crippen molar-refractivity contribution in [1.29, 1.82) is 0 Å². The van der Waals surface area contributed by atoms with E-state index in [0.29, 0.717) is 6.04 Å². The van der Waals surface area contributed by atoms with Crippen molar-refractivity contribution in [2.45, 2.75) is 19.9 Å². The lowest BCUT2D eigenvalue weighted by Crippen LogP contribution is -2.20. The molecule has 0 bridgehead atoms. The normalized spacial score (nSPS) is 12.5. The van der Waals surface area contributed by atoms with E-state index >= 15 is 0 Å². The third-order valence-electron chi connectivity index (χ3n) is 1.89. The molecule has 1 unspecified atom stereocenters. The maximum absolute atomic E-state index is 4.07. The summed E-state index contributed by atoms with van der Waals surface area (Å²) in [4.78, 5) is 4.07. The lowest BCUT2D eigenvalue weighted by molar-refractivity contribution is 0.605.